The third kappa shape index (κ3) is 7.91. The van der Waals surface area contributed by atoms with Gasteiger partial charge in [0.1, 0.15) is 12.6 Å². The average Bonchev–Trinajstić information content (AvgIpc) is 3.02. The SMILES string of the molecule is CCc1ccccc1N(CC(=O)N(Cc1c(Cl)cccc1Cl)C(CC)C(=O)NC1CCCCC1)S(=O)(=O)c1ccccc1. The molecular formula is C33H39Cl2N3O4S. The number of carbonyl (C=O) groups excluding carboxylic acids is 2. The van der Waals surface area contributed by atoms with Gasteiger partial charge in [-0.15, -0.1) is 0 Å². The van der Waals surface area contributed by atoms with E-state index in [-0.39, 0.29) is 23.4 Å². The van der Waals surface area contributed by atoms with Crippen LogP contribution in [0.15, 0.2) is 77.7 Å². The molecule has 3 aromatic carbocycles. The number of hydrogen-bond donors (Lipinski definition) is 1. The van der Waals surface area contributed by atoms with Crippen molar-refractivity contribution in [3.63, 3.8) is 0 Å². The number of nitrogens with one attached hydrogen (secondary N) is 1. The van der Waals surface area contributed by atoms with Gasteiger partial charge in [0.15, 0.2) is 0 Å². The Kier molecular flexibility index (Phi) is 11.5. The Hall–Kier alpha value is -3.07. The van der Waals surface area contributed by atoms with E-state index in [0.717, 1.165) is 42.0 Å². The van der Waals surface area contributed by atoms with Gasteiger partial charge in [-0.25, -0.2) is 8.42 Å². The lowest BCUT2D eigenvalue weighted by molar-refractivity contribution is -0.140. The van der Waals surface area contributed by atoms with Gasteiger partial charge in [0.2, 0.25) is 11.8 Å². The second-order valence-corrected chi connectivity index (χ2v) is 13.5. The molecule has 43 heavy (non-hydrogen) atoms. The number of benzene rings is 3. The molecule has 1 N–H and O–H groups in total. The molecule has 0 bridgehead atoms. The first-order chi connectivity index (χ1) is 20.7. The predicted molar refractivity (Wildman–Crippen MR) is 173 cm³/mol. The number of nitrogens with zero attached hydrogens (tertiary/aromatic N) is 2. The monoisotopic (exact) mass is 643 g/mol. The maximum Gasteiger partial charge on any atom is 0.264 e. The van der Waals surface area contributed by atoms with Gasteiger partial charge >= 0.3 is 0 Å². The molecule has 0 heterocycles. The van der Waals surface area contributed by atoms with Crippen molar-refractivity contribution >= 4 is 50.7 Å². The molecule has 0 spiro atoms. The molecule has 4 rings (SSSR count). The van der Waals surface area contributed by atoms with Gasteiger partial charge in [0.05, 0.1) is 10.6 Å². The standard InChI is InChI=1S/C33H39Cl2N3O4S/c1-3-24-14-11-12-21-31(24)38(43(41,42)26-17-9-6-10-18-26)23-32(39)37(22-27-28(34)19-13-20-29(27)35)30(4-2)33(40)36-25-15-7-5-8-16-25/h6,9-14,17-21,25,30H,3-5,7-8,15-16,22-23H2,1-2H3,(H,36,40). The van der Waals surface area contributed by atoms with Crippen molar-refractivity contribution in [1.82, 2.24) is 10.2 Å². The summed E-state index contributed by atoms with van der Waals surface area (Å²) < 4.78 is 29.3. The Morgan fingerprint density at radius 2 is 1.51 bits per heavy atom. The van der Waals surface area contributed by atoms with E-state index in [1.807, 2.05) is 26.0 Å². The molecule has 1 unspecified atom stereocenters. The molecule has 1 aliphatic rings. The Balaban J connectivity index is 1.76. The molecule has 1 fully saturated rings. The molecular weight excluding hydrogens is 605 g/mol. The van der Waals surface area contributed by atoms with Crippen LogP contribution in [0.1, 0.15) is 63.5 Å². The summed E-state index contributed by atoms with van der Waals surface area (Å²) in [5.74, 6) is -0.801. The molecule has 0 radical (unpaired) electrons. The average molecular weight is 645 g/mol. The summed E-state index contributed by atoms with van der Waals surface area (Å²) in [6.07, 6.45) is 5.90. The minimum Gasteiger partial charge on any atom is -0.352 e. The normalized spacial score (nSPS) is 14.6. The second kappa shape index (κ2) is 15.1. The van der Waals surface area contributed by atoms with Crippen molar-refractivity contribution in [3.05, 3.63) is 94.0 Å². The topological polar surface area (TPSA) is 86.8 Å². The molecule has 1 atom stereocenters. The number of hydrogen-bond acceptors (Lipinski definition) is 4. The lowest BCUT2D eigenvalue weighted by atomic mass is 9.95. The fourth-order valence-electron chi connectivity index (χ4n) is 5.60. The van der Waals surface area contributed by atoms with Crippen LogP contribution in [0, 0.1) is 0 Å². The minimum absolute atomic E-state index is 0.0440. The number of rotatable bonds is 12. The van der Waals surface area contributed by atoms with Crippen LogP contribution in [-0.2, 0) is 32.6 Å². The largest absolute Gasteiger partial charge is 0.352 e. The fraction of sp³-hybridized carbons (Fsp3) is 0.394. The van der Waals surface area contributed by atoms with Crippen LogP contribution in [-0.4, -0.2) is 43.8 Å². The predicted octanol–water partition coefficient (Wildman–Crippen LogP) is 7.01. The van der Waals surface area contributed by atoms with E-state index >= 15 is 0 Å². The van der Waals surface area contributed by atoms with Crippen molar-refractivity contribution in [2.75, 3.05) is 10.8 Å². The van der Waals surface area contributed by atoms with E-state index in [1.165, 1.54) is 17.0 Å². The zero-order valence-corrected chi connectivity index (χ0v) is 27.0. The summed E-state index contributed by atoms with van der Waals surface area (Å²) in [6, 6.07) is 19.4. The van der Waals surface area contributed by atoms with E-state index in [2.05, 4.69) is 5.32 Å². The van der Waals surface area contributed by atoms with Crippen LogP contribution in [0.5, 0.6) is 0 Å². The van der Waals surface area contributed by atoms with Gasteiger partial charge in [0.25, 0.3) is 10.0 Å². The van der Waals surface area contributed by atoms with Crippen LogP contribution >= 0.6 is 23.2 Å². The highest BCUT2D eigenvalue weighted by molar-refractivity contribution is 7.92. The van der Waals surface area contributed by atoms with E-state index in [0.29, 0.717) is 34.1 Å². The lowest BCUT2D eigenvalue weighted by Crippen LogP contribution is -2.54. The lowest BCUT2D eigenvalue weighted by Gasteiger charge is -2.35. The van der Waals surface area contributed by atoms with Gasteiger partial charge in [0, 0.05) is 28.2 Å². The van der Waals surface area contributed by atoms with Gasteiger partial charge < -0.3 is 10.2 Å². The number of carbonyl (C=O) groups is 2. The number of anilines is 1. The Morgan fingerprint density at radius 3 is 2.14 bits per heavy atom. The van der Waals surface area contributed by atoms with Gasteiger partial charge in [-0.2, -0.15) is 0 Å². The maximum atomic E-state index is 14.4. The van der Waals surface area contributed by atoms with Crippen LogP contribution in [0.25, 0.3) is 0 Å². The first-order valence-electron chi connectivity index (χ1n) is 14.9. The summed E-state index contributed by atoms with van der Waals surface area (Å²) in [4.78, 5) is 29.6. The molecule has 1 saturated carbocycles. The third-order valence-corrected chi connectivity index (χ3v) is 10.5. The van der Waals surface area contributed by atoms with Crippen molar-refractivity contribution in [1.29, 1.82) is 0 Å². The summed E-state index contributed by atoms with van der Waals surface area (Å²) in [5.41, 5.74) is 1.68. The molecule has 2 amide bonds. The van der Waals surface area contributed by atoms with Gasteiger partial charge in [-0.1, -0.05) is 98.8 Å². The first kappa shape index (κ1) is 32.8. The second-order valence-electron chi connectivity index (χ2n) is 10.8. The molecule has 0 saturated heterocycles. The van der Waals surface area contributed by atoms with Crippen LogP contribution in [0.4, 0.5) is 5.69 Å². The smallest absolute Gasteiger partial charge is 0.264 e. The van der Waals surface area contributed by atoms with Crippen LogP contribution < -0.4 is 9.62 Å². The Labute approximate surface area is 265 Å². The molecule has 3 aromatic rings. The van der Waals surface area contributed by atoms with Crippen molar-refractivity contribution in [2.24, 2.45) is 0 Å². The summed E-state index contributed by atoms with van der Waals surface area (Å²) in [7, 11) is -4.15. The Morgan fingerprint density at radius 1 is 0.884 bits per heavy atom. The molecule has 10 heteroatoms. The first-order valence-corrected chi connectivity index (χ1v) is 17.0. The molecule has 0 aromatic heterocycles. The molecule has 7 nitrogen and oxygen atoms in total. The number of aryl methyl sites for hydroxylation is 1. The van der Waals surface area contributed by atoms with Gasteiger partial charge in [-0.05, 0) is 61.6 Å². The molecule has 0 aliphatic heterocycles. The Bertz CT molecular complexity index is 1490. The minimum atomic E-state index is -4.15. The van der Waals surface area contributed by atoms with Crippen molar-refractivity contribution in [3.8, 4) is 0 Å². The van der Waals surface area contributed by atoms with Crippen molar-refractivity contribution < 1.29 is 18.0 Å². The van der Waals surface area contributed by atoms with Crippen LogP contribution in [0.2, 0.25) is 10.0 Å². The fourth-order valence-corrected chi connectivity index (χ4v) is 7.59. The zero-order chi connectivity index (χ0) is 31.0. The summed E-state index contributed by atoms with van der Waals surface area (Å²) >= 11 is 13.1. The van der Waals surface area contributed by atoms with E-state index in [9.17, 15) is 18.0 Å². The molecule has 1 aliphatic carbocycles. The van der Waals surface area contributed by atoms with E-state index in [1.54, 1.807) is 48.5 Å². The highest BCUT2D eigenvalue weighted by Gasteiger charge is 2.35. The van der Waals surface area contributed by atoms with Gasteiger partial charge in [-0.3, -0.25) is 13.9 Å². The number of para-hydroxylation sites is 1. The van der Waals surface area contributed by atoms with Crippen LogP contribution in [0.3, 0.4) is 0 Å². The summed E-state index contributed by atoms with van der Waals surface area (Å²) in [5, 5.41) is 3.87. The van der Waals surface area contributed by atoms with Crippen molar-refractivity contribution in [2.45, 2.75) is 82.3 Å². The van der Waals surface area contributed by atoms with E-state index < -0.39 is 28.5 Å². The maximum absolute atomic E-state index is 14.4. The summed E-state index contributed by atoms with van der Waals surface area (Å²) in [6.45, 7) is 3.21. The van der Waals surface area contributed by atoms with E-state index in [4.69, 9.17) is 23.2 Å². The number of halogens is 2. The highest BCUT2D eigenvalue weighted by atomic mass is 35.5. The zero-order valence-electron chi connectivity index (χ0n) is 24.6. The number of amides is 2. The third-order valence-electron chi connectivity index (χ3n) is 7.98. The number of sulfonamides is 1. The highest BCUT2D eigenvalue weighted by Crippen LogP contribution is 2.30. The molecule has 230 valence electrons. The quantitative estimate of drug-likeness (QED) is 0.230.